The number of hydrogen-bond donors (Lipinski definition) is 0. The first-order valence-corrected chi connectivity index (χ1v) is 10.4. The molecule has 0 spiro atoms. The quantitative estimate of drug-likeness (QED) is 0.593. The van der Waals surface area contributed by atoms with Crippen LogP contribution in [-0.4, -0.2) is 48.9 Å². The minimum Gasteiger partial charge on any atom is -0.341 e. The zero-order chi connectivity index (χ0) is 20.8. The lowest BCUT2D eigenvalue weighted by Gasteiger charge is -2.24. The summed E-state index contributed by atoms with van der Waals surface area (Å²) in [6.07, 6.45) is 4.10. The van der Waals surface area contributed by atoms with Crippen molar-refractivity contribution in [3.8, 4) is 0 Å². The molecule has 0 aromatic heterocycles. The van der Waals surface area contributed by atoms with Crippen LogP contribution in [0.2, 0.25) is 0 Å². The Labute approximate surface area is 172 Å². The highest BCUT2D eigenvalue weighted by Gasteiger charge is 2.26. The molecule has 3 nitrogen and oxygen atoms in total. The molecule has 0 radical (unpaired) electrons. The summed E-state index contributed by atoms with van der Waals surface area (Å²) in [5.74, 6) is -0.270. The van der Waals surface area contributed by atoms with E-state index in [-0.39, 0.29) is 23.5 Å². The molecule has 29 heavy (non-hydrogen) atoms. The van der Waals surface area contributed by atoms with Gasteiger partial charge in [0.15, 0.2) is 0 Å². The third-order valence-electron chi connectivity index (χ3n) is 5.99. The number of carbonyl (C=O) groups excluding carboxylic acids is 1. The summed E-state index contributed by atoms with van der Waals surface area (Å²) in [7, 11) is 4.00. The standard InChI is InChI=1S/C24H30F2N2O/c1-27-16-15-22(17-27)28(2)24(29)6-4-3-5-23(18-7-11-20(25)12-8-18)19-9-13-21(26)14-10-19/h7-14,22-23H,3-6,15-17H2,1-2H3. The van der Waals surface area contributed by atoms with Crippen molar-refractivity contribution in [1.82, 2.24) is 9.80 Å². The summed E-state index contributed by atoms with van der Waals surface area (Å²) in [5, 5.41) is 0. The zero-order valence-corrected chi connectivity index (χ0v) is 17.3. The van der Waals surface area contributed by atoms with Gasteiger partial charge in [0.05, 0.1) is 0 Å². The monoisotopic (exact) mass is 400 g/mol. The van der Waals surface area contributed by atoms with Crippen LogP contribution in [0.1, 0.15) is 49.1 Å². The van der Waals surface area contributed by atoms with E-state index in [1.807, 2.05) is 11.9 Å². The molecule has 1 amide bonds. The minimum atomic E-state index is -0.266. The molecular weight excluding hydrogens is 370 g/mol. The Morgan fingerprint density at radius 3 is 2.07 bits per heavy atom. The normalized spacial score (nSPS) is 17.1. The summed E-state index contributed by atoms with van der Waals surface area (Å²) in [6.45, 7) is 1.98. The summed E-state index contributed by atoms with van der Waals surface area (Å²) in [5.41, 5.74) is 2.02. The van der Waals surface area contributed by atoms with Gasteiger partial charge in [-0.3, -0.25) is 4.79 Å². The Morgan fingerprint density at radius 2 is 1.59 bits per heavy atom. The Bertz CT molecular complexity index is 746. The van der Waals surface area contributed by atoms with Crippen LogP contribution in [0.5, 0.6) is 0 Å². The fraction of sp³-hybridized carbons (Fsp3) is 0.458. The molecular formula is C24H30F2N2O. The number of unbranched alkanes of at least 4 members (excludes halogenated alkanes) is 1. The van der Waals surface area contributed by atoms with E-state index in [2.05, 4.69) is 11.9 Å². The number of likely N-dealkylation sites (N-methyl/N-ethyl adjacent to an activating group) is 2. The summed E-state index contributed by atoms with van der Waals surface area (Å²) in [6, 6.07) is 13.3. The van der Waals surface area contributed by atoms with Gasteiger partial charge in [-0.25, -0.2) is 8.78 Å². The van der Waals surface area contributed by atoms with E-state index in [0.29, 0.717) is 12.5 Å². The van der Waals surface area contributed by atoms with Gasteiger partial charge >= 0.3 is 0 Å². The van der Waals surface area contributed by atoms with Crippen molar-refractivity contribution in [1.29, 1.82) is 0 Å². The number of carbonyl (C=O) groups is 1. The summed E-state index contributed by atoms with van der Waals surface area (Å²) < 4.78 is 26.7. The number of rotatable bonds is 8. The van der Waals surface area contributed by atoms with E-state index >= 15 is 0 Å². The molecule has 0 N–H and O–H groups in total. The Morgan fingerprint density at radius 1 is 1.03 bits per heavy atom. The number of hydrogen-bond acceptors (Lipinski definition) is 2. The number of benzene rings is 2. The van der Waals surface area contributed by atoms with Crippen LogP contribution in [0, 0.1) is 11.6 Å². The third-order valence-corrected chi connectivity index (χ3v) is 5.99. The maximum atomic E-state index is 13.3. The van der Waals surface area contributed by atoms with Gasteiger partial charge in [0, 0.05) is 32.0 Å². The second-order valence-electron chi connectivity index (χ2n) is 8.11. The average Bonchev–Trinajstić information content (AvgIpc) is 3.15. The predicted octanol–water partition coefficient (Wildman–Crippen LogP) is 4.82. The van der Waals surface area contributed by atoms with E-state index in [1.165, 1.54) is 24.3 Å². The van der Waals surface area contributed by atoms with Crippen LogP contribution in [0.15, 0.2) is 48.5 Å². The van der Waals surface area contributed by atoms with Crippen molar-refractivity contribution in [2.24, 2.45) is 0 Å². The first-order chi connectivity index (χ1) is 13.9. The third kappa shape index (κ3) is 5.86. The lowest BCUT2D eigenvalue weighted by molar-refractivity contribution is -0.131. The molecule has 1 aliphatic heterocycles. The summed E-state index contributed by atoms with van der Waals surface area (Å²) >= 11 is 0. The molecule has 156 valence electrons. The highest BCUT2D eigenvalue weighted by Crippen LogP contribution is 2.30. The van der Waals surface area contributed by atoms with Crippen LogP contribution < -0.4 is 0 Å². The lowest BCUT2D eigenvalue weighted by Crippen LogP contribution is -2.38. The zero-order valence-electron chi connectivity index (χ0n) is 17.3. The van der Waals surface area contributed by atoms with Crippen LogP contribution in [0.4, 0.5) is 8.78 Å². The number of nitrogens with zero attached hydrogens (tertiary/aromatic N) is 2. The molecule has 5 heteroatoms. The van der Waals surface area contributed by atoms with Gasteiger partial charge < -0.3 is 9.80 Å². The molecule has 1 unspecified atom stereocenters. The molecule has 0 aliphatic carbocycles. The second kappa shape index (κ2) is 9.97. The second-order valence-corrected chi connectivity index (χ2v) is 8.11. The van der Waals surface area contributed by atoms with Gasteiger partial charge in [-0.1, -0.05) is 30.7 Å². The predicted molar refractivity (Wildman–Crippen MR) is 112 cm³/mol. The van der Waals surface area contributed by atoms with Gasteiger partial charge in [0.2, 0.25) is 5.91 Å². The molecule has 2 aromatic carbocycles. The first kappa shape index (κ1) is 21.4. The van der Waals surface area contributed by atoms with Gasteiger partial charge in [0.25, 0.3) is 0 Å². The molecule has 0 saturated carbocycles. The lowest BCUT2D eigenvalue weighted by atomic mass is 9.87. The molecule has 1 atom stereocenters. The SMILES string of the molecule is CN1CCC(N(C)C(=O)CCCCC(c2ccc(F)cc2)c2ccc(F)cc2)C1. The fourth-order valence-corrected chi connectivity index (χ4v) is 4.15. The van der Waals surface area contributed by atoms with Crippen molar-refractivity contribution < 1.29 is 13.6 Å². The maximum absolute atomic E-state index is 13.3. The van der Waals surface area contributed by atoms with E-state index in [9.17, 15) is 13.6 Å². The van der Waals surface area contributed by atoms with E-state index < -0.39 is 0 Å². The van der Waals surface area contributed by atoms with Crippen LogP contribution in [-0.2, 0) is 4.79 Å². The van der Waals surface area contributed by atoms with Crippen molar-refractivity contribution >= 4 is 5.91 Å². The summed E-state index contributed by atoms with van der Waals surface area (Å²) in [4.78, 5) is 16.7. The minimum absolute atomic E-state index is 0.0625. The molecule has 3 rings (SSSR count). The van der Waals surface area contributed by atoms with Gasteiger partial charge in [0.1, 0.15) is 11.6 Å². The largest absolute Gasteiger partial charge is 0.341 e. The van der Waals surface area contributed by atoms with E-state index in [1.54, 1.807) is 24.3 Å². The molecule has 0 bridgehead atoms. The van der Waals surface area contributed by atoms with Crippen LogP contribution in [0.25, 0.3) is 0 Å². The first-order valence-electron chi connectivity index (χ1n) is 10.4. The van der Waals surface area contributed by atoms with Crippen molar-refractivity contribution in [3.63, 3.8) is 0 Å². The van der Waals surface area contributed by atoms with Crippen LogP contribution in [0.3, 0.4) is 0 Å². The number of halogens is 2. The highest BCUT2D eigenvalue weighted by atomic mass is 19.1. The molecule has 1 heterocycles. The maximum Gasteiger partial charge on any atom is 0.222 e. The Kier molecular flexibility index (Phi) is 7.37. The van der Waals surface area contributed by atoms with Crippen LogP contribution >= 0.6 is 0 Å². The average molecular weight is 401 g/mol. The van der Waals surface area contributed by atoms with Crippen molar-refractivity contribution in [2.75, 3.05) is 27.2 Å². The highest BCUT2D eigenvalue weighted by molar-refractivity contribution is 5.76. The van der Waals surface area contributed by atoms with Crippen molar-refractivity contribution in [2.45, 2.75) is 44.1 Å². The molecule has 1 aliphatic rings. The molecule has 2 aromatic rings. The van der Waals surface area contributed by atoms with Gasteiger partial charge in [-0.05, 0) is 68.2 Å². The molecule has 1 fully saturated rings. The number of amides is 1. The van der Waals surface area contributed by atoms with Gasteiger partial charge in [-0.2, -0.15) is 0 Å². The van der Waals surface area contributed by atoms with Crippen molar-refractivity contribution in [3.05, 3.63) is 71.3 Å². The molecule has 1 saturated heterocycles. The van der Waals surface area contributed by atoms with Gasteiger partial charge in [-0.15, -0.1) is 0 Å². The Hall–Kier alpha value is -2.27. The topological polar surface area (TPSA) is 23.6 Å². The smallest absolute Gasteiger partial charge is 0.222 e. The van der Waals surface area contributed by atoms with E-state index in [0.717, 1.165) is 49.9 Å². The van der Waals surface area contributed by atoms with E-state index in [4.69, 9.17) is 0 Å². The fourth-order valence-electron chi connectivity index (χ4n) is 4.15. The number of likely N-dealkylation sites (tertiary alicyclic amines) is 1. The Balaban J connectivity index is 1.56.